The molecule has 8 nitrogen and oxygen atoms in total. The molecular formula is C18H27N3O5S. The van der Waals surface area contributed by atoms with Gasteiger partial charge in [0.1, 0.15) is 0 Å². The Labute approximate surface area is 160 Å². The molecule has 1 saturated heterocycles. The Hall–Kier alpha value is -2.13. The molecule has 0 spiro atoms. The highest BCUT2D eigenvalue weighted by atomic mass is 32.2. The van der Waals surface area contributed by atoms with Crippen molar-refractivity contribution in [3.05, 3.63) is 30.3 Å². The van der Waals surface area contributed by atoms with E-state index in [1.165, 1.54) is 11.4 Å². The zero-order valence-electron chi connectivity index (χ0n) is 15.8. The third-order valence-corrected chi connectivity index (χ3v) is 6.34. The van der Waals surface area contributed by atoms with Crippen molar-refractivity contribution in [3.63, 3.8) is 0 Å². The highest BCUT2D eigenvalue weighted by Crippen LogP contribution is 2.14. The van der Waals surface area contributed by atoms with Crippen LogP contribution in [0.4, 0.5) is 4.79 Å². The van der Waals surface area contributed by atoms with E-state index >= 15 is 0 Å². The summed E-state index contributed by atoms with van der Waals surface area (Å²) in [4.78, 5) is 27.5. The maximum absolute atomic E-state index is 12.4. The molecule has 9 heteroatoms. The average molecular weight is 397 g/mol. The Bertz CT molecular complexity index is 731. The molecule has 1 fully saturated rings. The van der Waals surface area contributed by atoms with Crippen LogP contribution in [0.1, 0.15) is 19.8 Å². The van der Waals surface area contributed by atoms with E-state index in [4.69, 9.17) is 4.74 Å². The van der Waals surface area contributed by atoms with Crippen molar-refractivity contribution in [2.75, 3.05) is 46.4 Å². The van der Waals surface area contributed by atoms with Gasteiger partial charge < -0.3 is 14.5 Å². The summed E-state index contributed by atoms with van der Waals surface area (Å²) in [6, 6.07) is 8.24. The molecule has 0 aromatic heterocycles. The monoisotopic (exact) mass is 397 g/mol. The lowest BCUT2D eigenvalue weighted by atomic mass is 10.2. The van der Waals surface area contributed by atoms with Crippen molar-refractivity contribution in [1.29, 1.82) is 0 Å². The number of amides is 2. The number of piperazine rings is 1. The van der Waals surface area contributed by atoms with Crippen molar-refractivity contribution in [1.82, 2.24) is 14.1 Å². The second-order valence-corrected chi connectivity index (χ2v) is 8.35. The standard InChI is InChI=1S/C18H27N3O5S/c1-3-26-18(23)21-14-12-20(13-15-21)17(22)10-7-11-19(2)27(24,25)16-8-5-4-6-9-16/h4-6,8-9H,3,7,10-15H2,1-2H3. The van der Waals surface area contributed by atoms with Gasteiger partial charge >= 0.3 is 6.09 Å². The molecule has 0 bridgehead atoms. The summed E-state index contributed by atoms with van der Waals surface area (Å²) in [5.41, 5.74) is 0. The van der Waals surface area contributed by atoms with Crippen LogP contribution < -0.4 is 0 Å². The maximum Gasteiger partial charge on any atom is 0.409 e. The number of carbonyl (C=O) groups excluding carboxylic acids is 2. The largest absolute Gasteiger partial charge is 0.450 e. The normalized spacial score (nSPS) is 15.1. The lowest BCUT2D eigenvalue weighted by Gasteiger charge is -2.34. The topological polar surface area (TPSA) is 87.2 Å². The Balaban J connectivity index is 1.76. The molecule has 2 rings (SSSR count). The number of hydrogen-bond acceptors (Lipinski definition) is 5. The fourth-order valence-electron chi connectivity index (χ4n) is 2.86. The Morgan fingerprint density at radius 1 is 1.07 bits per heavy atom. The van der Waals surface area contributed by atoms with Crippen LogP contribution in [0.15, 0.2) is 35.2 Å². The van der Waals surface area contributed by atoms with Gasteiger partial charge in [0.2, 0.25) is 15.9 Å². The number of nitrogens with zero attached hydrogens (tertiary/aromatic N) is 3. The minimum absolute atomic E-state index is 0.0241. The van der Waals surface area contributed by atoms with Crippen LogP contribution in [0, 0.1) is 0 Å². The first-order valence-corrected chi connectivity index (χ1v) is 10.5. The second-order valence-electron chi connectivity index (χ2n) is 6.31. The first-order chi connectivity index (χ1) is 12.9. The smallest absolute Gasteiger partial charge is 0.409 e. The van der Waals surface area contributed by atoms with Crippen molar-refractivity contribution in [2.24, 2.45) is 0 Å². The van der Waals surface area contributed by atoms with Gasteiger partial charge in [-0.15, -0.1) is 0 Å². The molecule has 27 heavy (non-hydrogen) atoms. The zero-order valence-corrected chi connectivity index (χ0v) is 16.7. The van der Waals surface area contributed by atoms with Crippen LogP contribution >= 0.6 is 0 Å². The Morgan fingerprint density at radius 2 is 1.67 bits per heavy atom. The molecule has 1 aliphatic heterocycles. The summed E-state index contributed by atoms with van der Waals surface area (Å²) < 4.78 is 31.1. The van der Waals surface area contributed by atoms with Gasteiger partial charge in [-0.2, -0.15) is 0 Å². The summed E-state index contributed by atoms with van der Waals surface area (Å²) in [5.74, 6) is -0.0241. The molecule has 0 atom stereocenters. The van der Waals surface area contributed by atoms with Gasteiger partial charge in [0.25, 0.3) is 0 Å². The second kappa shape index (κ2) is 9.70. The van der Waals surface area contributed by atoms with Crippen molar-refractivity contribution in [3.8, 4) is 0 Å². The summed E-state index contributed by atoms with van der Waals surface area (Å²) >= 11 is 0. The summed E-state index contributed by atoms with van der Waals surface area (Å²) in [5, 5.41) is 0. The van der Waals surface area contributed by atoms with Gasteiger partial charge in [-0.1, -0.05) is 18.2 Å². The summed E-state index contributed by atoms with van der Waals surface area (Å²) in [6.07, 6.45) is 0.366. The van der Waals surface area contributed by atoms with Gasteiger partial charge in [-0.3, -0.25) is 4.79 Å². The van der Waals surface area contributed by atoms with Gasteiger partial charge in [0.15, 0.2) is 0 Å². The van der Waals surface area contributed by atoms with Gasteiger partial charge in [0, 0.05) is 46.2 Å². The molecular weight excluding hydrogens is 370 g/mol. The van der Waals surface area contributed by atoms with Crippen LogP contribution in [0.3, 0.4) is 0 Å². The molecule has 0 N–H and O–H groups in total. The third kappa shape index (κ3) is 5.67. The maximum atomic E-state index is 12.4. The van der Waals surface area contributed by atoms with E-state index in [0.29, 0.717) is 39.2 Å². The number of rotatable bonds is 7. The molecule has 1 aliphatic rings. The van der Waals surface area contributed by atoms with Gasteiger partial charge in [-0.25, -0.2) is 17.5 Å². The Kier molecular flexibility index (Phi) is 7.61. The predicted octanol–water partition coefficient (Wildman–Crippen LogP) is 1.39. The first kappa shape index (κ1) is 21.2. The first-order valence-electron chi connectivity index (χ1n) is 9.07. The summed E-state index contributed by atoms with van der Waals surface area (Å²) in [7, 11) is -2.01. The highest BCUT2D eigenvalue weighted by molar-refractivity contribution is 7.89. The number of ether oxygens (including phenoxy) is 1. The summed E-state index contributed by atoms with van der Waals surface area (Å²) in [6.45, 7) is 4.20. The molecule has 2 amide bonds. The quantitative estimate of drug-likeness (QED) is 0.694. The van der Waals surface area contributed by atoms with E-state index in [-0.39, 0.29) is 29.9 Å². The van der Waals surface area contributed by atoms with Gasteiger partial charge in [-0.05, 0) is 25.5 Å². The number of benzene rings is 1. The molecule has 0 aliphatic carbocycles. The van der Waals surface area contributed by atoms with E-state index in [1.807, 2.05) is 0 Å². The fourth-order valence-corrected chi connectivity index (χ4v) is 4.09. The molecule has 1 heterocycles. The van der Waals surface area contributed by atoms with Crippen molar-refractivity contribution >= 4 is 22.0 Å². The van der Waals surface area contributed by atoms with Crippen LogP contribution in [-0.2, 0) is 19.6 Å². The molecule has 150 valence electrons. The zero-order chi connectivity index (χ0) is 19.9. The lowest BCUT2D eigenvalue weighted by Crippen LogP contribution is -2.50. The van der Waals surface area contributed by atoms with E-state index in [0.717, 1.165) is 0 Å². The van der Waals surface area contributed by atoms with Gasteiger partial charge in [0.05, 0.1) is 11.5 Å². The van der Waals surface area contributed by atoms with Crippen molar-refractivity contribution < 1.29 is 22.7 Å². The van der Waals surface area contributed by atoms with Crippen LogP contribution in [-0.4, -0.2) is 80.9 Å². The van der Waals surface area contributed by atoms with Crippen LogP contribution in [0.25, 0.3) is 0 Å². The minimum atomic E-state index is -3.53. The van der Waals surface area contributed by atoms with Crippen LogP contribution in [0.5, 0.6) is 0 Å². The Morgan fingerprint density at radius 3 is 2.26 bits per heavy atom. The molecule has 1 aromatic rings. The minimum Gasteiger partial charge on any atom is -0.450 e. The molecule has 0 radical (unpaired) electrons. The molecule has 1 aromatic carbocycles. The SMILES string of the molecule is CCOC(=O)N1CCN(C(=O)CCCN(C)S(=O)(=O)c2ccccc2)CC1. The number of hydrogen-bond donors (Lipinski definition) is 0. The number of carbonyl (C=O) groups is 2. The fraction of sp³-hybridized carbons (Fsp3) is 0.556. The molecule has 0 unspecified atom stereocenters. The van der Waals surface area contributed by atoms with E-state index in [9.17, 15) is 18.0 Å². The van der Waals surface area contributed by atoms with Crippen LogP contribution in [0.2, 0.25) is 0 Å². The third-order valence-electron chi connectivity index (χ3n) is 4.47. The highest BCUT2D eigenvalue weighted by Gasteiger charge is 2.25. The number of sulfonamides is 1. The van der Waals surface area contributed by atoms with Crippen molar-refractivity contribution in [2.45, 2.75) is 24.7 Å². The predicted molar refractivity (Wildman–Crippen MR) is 101 cm³/mol. The van der Waals surface area contributed by atoms with E-state index in [2.05, 4.69) is 0 Å². The van der Waals surface area contributed by atoms with E-state index < -0.39 is 10.0 Å². The average Bonchev–Trinajstić information content (AvgIpc) is 2.68. The lowest BCUT2D eigenvalue weighted by molar-refractivity contribution is -0.132. The van der Waals surface area contributed by atoms with E-state index in [1.54, 1.807) is 47.1 Å². The molecule has 0 saturated carbocycles.